The number of nitrogens with one attached hydrogen (secondary N) is 1. The molecule has 0 saturated heterocycles. The maximum absolute atomic E-state index is 12.3. The van der Waals surface area contributed by atoms with Crippen LogP contribution in [0.2, 0.25) is 0 Å². The molecular weight excluding hydrogens is 360 g/mol. The molecule has 6 nitrogen and oxygen atoms in total. The van der Waals surface area contributed by atoms with Crippen LogP contribution in [0.1, 0.15) is 48.1 Å². The first-order valence-electron chi connectivity index (χ1n) is 8.95. The molecule has 4 unspecified atom stereocenters. The zero-order valence-corrected chi connectivity index (χ0v) is 16.9. The second-order valence-corrected chi connectivity index (χ2v) is 9.40. The summed E-state index contributed by atoms with van der Waals surface area (Å²) in [5.74, 6) is -0.842. The van der Waals surface area contributed by atoms with E-state index >= 15 is 0 Å². The summed E-state index contributed by atoms with van der Waals surface area (Å²) in [6, 6.07) is 6.35. The molecule has 1 aromatic carbocycles. The molecule has 0 spiro atoms. The van der Waals surface area contributed by atoms with Gasteiger partial charge in [0.1, 0.15) is 0 Å². The van der Waals surface area contributed by atoms with E-state index < -0.39 is 19.4 Å². The summed E-state index contributed by atoms with van der Waals surface area (Å²) < 4.78 is 12.3. The molecule has 0 heterocycles. The average molecular weight is 387 g/mol. The number of hydrogen-bond acceptors (Lipinski definition) is 5. The quantitative estimate of drug-likeness (QED) is 0.296. The van der Waals surface area contributed by atoms with Gasteiger partial charge in [-0.05, 0) is 56.0 Å². The van der Waals surface area contributed by atoms with Gasteiger partial charge < -0.3 is 25.0 Å². The molecule has 144 valence electrons. The third-order valence-electron chi connectivity index (χ3n) is 4.70. The summed E-state index contributed by atoms with van der Waals surface area (Å²) in [6.45, 7) is 1.98. The molecule has 0 bridgehead atoms. The fourth-order valence-corrected chi connectivity index (χ4v) is 5.29. The van der Waals surface area contributed by atoms with Gasteiger partial charge in [0, 0.05) is 26.1 Å². The zero-order chi connectivity index (χ0) is 19.2. The molecule has 3 N–H and O–H groups in total. The minimum atomic E-state index is -3.62. The van der Waals surface area contributed by atoms with Crippen LogP contribution < -0.4 is 29.1 Å². The van der Waals surface area contributed by atoms with E-state index in [1.807, 2.05) is 13.0 Å². The molecule has 4 atom stereocenters. The molecular formula is C19H27LiNO5P. The van der Waals surface area contributed by atoms with E-state index in [0.29, 0.717) is 0 Å². The van der Waals surface area contributed by atoms with Crippen molar-refractivity contribution in [1.29, 1.82) is 0 Å². The zero-order valence-electron chi connectivity index (χ0n) is 16.0. The fraction of sp³-hybridized carbons (Fsp3) is 0.526. The number of aliphatic hydroxyl groups excluding tert-OH is 1. The maximum atomic E-state index is 12.3. The summed E-state index contributed by atoms with van der Waals surface area (Å²) in [7, 11) is -3.62. The summed E-state index contributed by atoms with van der Waals surface area (Å²) in [6.07, 6.45) is 5.62. The minimum absolute atomic E-state index is 0. The Kier molecular flexibility index (Phi) is 10.0. The van der Waals surface area contributed by atoms with E-state index in [2.05, 4.69) is 11.4 Å². The smallest absolute Gasteiger partial charge is 0.799 e. The van der Waals surface area contributed by atoms with Crippen LogP contribution in [0.4, 0.5) is 0 Å². The van der Waals surface area contributed by atoms with Crippen molar-refractivity contribution in [3.63, 3.8) is 0 Å². The van der Waals surface area contributed by atoms with Crippen molar-refractivity contribution in [2.24, 2.45) is 5.92 Å². The van der Waals surface area contributed by atoms with Gasteiger partial charge in [-0.15, -0.1) is 0 Å². The van der Waals surface area contributed by atoms with E-state index in [1.54, 1.807) is 18.2 Å². The fourth-order valence-electron chi connectivity index (χ4n) is 3.25. The van der Waals surface area contributed by atoms with Gasteiger partial charge in [-0.25, -0.2) is 4.79 Å². The number of carboxylic acid groups (broad SMARTS) is 1. The molecule has 2 rings (SSSR count). The van der Waals surface area contributed by atoms with Crippen molar-refractivity contribution in [3.05, 3.63) is 47.5 Å². The molecule has 27 heavy (non-hydrogen) atoms. The standard InChI is InChI=1S/C19H28NO5P.Li/c1-14(16-8-5-9-17(10-16)19(22)23)20-11-18(21)13-26(24,25)12-15-6-3-2-4-7-15;/h2-3,5,8-10,14-15,18,20-21H,4,6-7,11-13H2,1H3,(H,22,23)(H,24,25);/q;+1/p-1. The van der Waals surface area contributed by atoms with Crippen LogP contribution >= 0.6 is 7.37 Å². The molecule has 0 aliphatic heterocycles. The summed E-state index contributed by atoms with van der Waals surface area (Å²) in [4.78, 5) is 23.3. The molecule has 1 aliphatic rings. The van der Waals surface area contributed by atoms with Crippen molar-refractivity contribution in [1.82, 2.24) is 5.32 Å². The van der Waals surface area contributed by atoms with Crippen LogP contribution in [0, 0.1) is 5.92 Å². The minimum Gasteiger partial charge on any atom is -0.799 e. The normalized spacial score (nSPS) is 20.9. The number of allylic oxidation sites excluding steroid dienone is 2. The third-order valence-corrected chi connectivity index (χ3v) is 6.75. The van der Waals surface area contributed by atoms with Gasteiger partial charge in [0.15, 0.2) is 0 Å². The van der Waals surface area contributed by atoms with Crippen LogP contribution in [0.15, 0.2) is 36.4 Å². The topological polar surface area (TPSA) is 110 Å². The molecule has 1 aromatic rings. The number of benzene rings is 1. The predicted molar refractivity (Wildman–Crippen MR) is 99.6 cm³/mol. The molecule has 0 amide bonds. The van der Waals surface area contributed by atoms with Crippen LogP contribution in [-0.4, -0.2) is 41.2 Å². The third kappa shape index (κ3) is 8.35. The number of carbonyl (C=O) groups is 1. The second-order valence-electron chi connectivity index (χ2n) is 7.04. The van der Waals surface area contributed by atoms with Gasteiger partial charge in [0.2, 0.25) is 0 Å². The van der Waals surface area contributed by atoms with Gasteiger partial charge in [-0.2, -0.15) is 0 Å². The van der Waals surface area contributed by atoms with Gasteiger partial charge in [-0.3, -0.25) is 0 Å². The van der Waals surface area contributed by atoms with Crippen LogP contribution in [-0.2, 0) is 4.57 Å². The summed E-state index contributed by atoms with van der Waals surface area (Å²) in [5.41, 5.74) is 0.971. The van der Waals surface area contributed by atoms with Crippen LogP contribution in [0.5, 0.6) is 0 Å². The molecule has 0 radical (unpaired) electrons. The van der Waals surface area contributed by atoms with Crippen molar-refractivity contribution >= 4 is 13.3 Å². The largest absolute Gasteiger partial charge is 1.00 e. The Labute approximate surface area is 172 Å². The van der Waals surface area contributed by atoms with Gasteiger partial charge in [0.05, 0.1) is 11.7 Å². The van der Waals surface area contributed by atoms with E-state index in [0.717, 1.165) is 24.8 Å². The summed E-state index contributed by atoms with van der Waals surface area (Å²) in [5, 5.41) is 22.2. The molecule has 0 fully saturated rings. The Morgan fingerprint density at radius 1 is 1.41 bits per heavy atom. The van der Waals surface area contributed by atoms with Crippen molar-refractivity contribution in [3.8, 4) is 0 Å². The van der Waals surface area contributed by atoms with Crippen LogP contribution in [0.25, 0.3) is 0 Å². The number of carboxylic acids is 1. The Hall–Kier alpha value is -0.863. The first kappa shape index (κ1) is 24.2. The Balaban J connectivity index is 0.00000364. The maximum Gasteiger partial charge on any atom is 1.00 e. The molecule has 1 aliphatic carbocycles. The van der Waals surface area contributed by atoms with Gasteiger partial charge in [0.25, 0.3) is 0 Å². The van der Waals surface area contributed by atoms with E-state index in [-0.39, 0.29) is 55.3 Å². The first-order valence-corrected chi connectivity index (χ1v) is 10.9. The Morgan fingerprint density at radius 3 is 2.78 bits per heavy atom. The molecule has 0 aromatic heterocycles. The first-order chi connectivity index (χ1) is 12.3. The van der Waals surface area contributed by atoms with E-state index in [1.165, 1.54) is 6.07 Å². The number of aromatic carboxylic acids is 1. The van der Waals surface area contributed by atoms with Crippen molar-refractivity contribution < 1.29 is 43.3 Å². The average Bonchev–Trinajstić information content (AvgIpc) is 2.59. The van der Waals surface area contributed by atoms with Crippen molar-refractivity contribution in [2.75, 3.05) is 18.9 Å². The molecule has 0 saturated carbocycles. The SMILES string of the molecule is CC(NCC(O)CP(=O)([O-])CC1CC=CCC1)c1cccc(C(=O)O)c1.[Li+]. The monoisotopic (exact) mass is 387 g/mol. The van der Waals surface area contributed by atoms with Gasteiger partial charge in [-0.1, -0.05) is 24.3 Å². The Morgan fingerprint density at radius 2 is 2.15 bits per heavy atom. The summed E-state index contributed by atoms with van der Waals surface area (Å²) >= 11 is 0. The second kappa shape index (κ2) is 11.2. The van der Waals surface area contributed by atoms with Gasteiger partial charge >= 0.3 is 24.8 Å². The van der Waals surface area contributed by atoms with E-state index in [4.69, 9.17) is 5.11 Å². The van der Waals surface area contributed by atoms with E-state index in [9.17, 15) is 19.4 Å². The molecule has 8 heteroatoms. The number of rotatable bonds is 9. The predicted octanol–water partition coefficient (Wildman–Crippen LogP) is -0.605. The van der Waals surface area contributed by atoms with Crippen molar-refractivity contribution in [2.45, 2.75) is 38.3 Å². The number of hydrogen-bond donors (Lipinski definition) is 3. The van der Waals surface area contributed by atoms with Crippen LogP contribution in [0.3, 0.4) is 0 Å². The number of aliphatic hydroxyl groups is 1. The Bertz CT molecular complexity index is 696.